The summed E-state index contributed by atoms with van der Waals surface area (Å²) >= 11 is 0. The van der Waals surface area contributed by atoms with Crippen LogP contribution >= 0.6 is 0 Å². The monoisotopic (exact) mass is 238 g/mol. The van der Waals surface area contributed by atoms with Crippen molar-refractivity contribution in [2.45, 2.75) is 44.8 Å². The molecular weight excluding hydrogens is 212 g/mol. The first-order valence-corrected chi connectivity index (χ1v) is 7.42. The highest BCUT2D eigenvalue weighted by atomic mass is 16.3. The van der Waals surface area contributed by atoms with Crippen molar-refractivity contribution in [2.75, 3.05) is 32.7 Å². The minimum absolute atomic E-state index is 0.0569. The van der Waals surface area contributed by atoms with E-state index in [2.05, 4.69) is 16.7 Å². The lowest BCUT2D eigenvalue weighted by atomic mass is 9.73. The summed E-state index contributed by atoms with van der Waals surface area (Å²) in [5.74, 6) is 1.86. The molecule has 3 aliphatic heterocycles. The molecule has 0 spiro atoms. The Labute approximate surface area is 105 Å². The molecule has 0 saturated carbocycles. The quantitative estimate of drug-likeness (QED) is 0.782. The van der Waals surface area contributed by atoms with Gasteiger partial charge in [-0.2, -0.15) is 0 Å². The van der Waals surface area contributed by atoms with Gasteiger partial charge in [-0.25, -0.2) is 0 Å². The van der Waals surface area contributed by atoms with Gasteiger partial charge in [0.2, 0.25) is 0 Å². The van der Waals surface area contributed by atoms with E-state index in [0.717, 1.165) is 30.8 Å². The molecule has 3 nitrogen and oxygen atoms in total. The zero-order valence-electron chi connectivity index (χ0n) is 11.0. The van der Waals surface area contributed by atoms with Gasteiger partial charge in [0, 0.05) is 25.7 Å². The van der Waals surface area contributed by atoms with E-state index in [0.29, 0.717) is 0 Å². The zero-order chi connectivity index (χ0) is 11.8. The molecule has 3 unspecified atom stereocenters. The van der Waals surface area contributed by atoms with E-state index in [-0.39, 0.29) is 6.10 Å². The molecule has 3 heteroatoms. The van der Waals surface area contributed by atoms with Crippen LogP contribution in [0.4, 0.5) is 0 Å². The number of fused-ring (bicyclic) bond motifs is 1. The predicted molar refractivity (Wildman–Crippen MR) is 68.9 cm³/mol. The van der Waals surface area contributed by atoms with Crippen molar-refractivity contribution in [3.05, 3.63) is 0 Å². The Hall–Kier alpha value is -0.120. The van der Waals surface area contributed by atoms with Crippen LogP contribution in [0, 0.1) is 11.8 Å². The second-order valence-corrected chi connectivity index (χ2v) is 6.21. The SMILES string of the molecule is CCN1CC(C2CCCN3CC(O)CCC23)C1. The summed E-state index contributed by atoms with van der Waals surface area (Å²) in [5, 5.41) is 9.77. The second kappa shape index (κ2) is 4.87. The first kappa shape index (κ1) is 11.9. The molecule has 0 aliphatic carbocycles. The molecule has 0 aromatic heterocycles. The third-order valence-electron chi connectivity index (χ3n) is 5.23. The minimum atomic E-state index is -0.0569. The van der Waals surface area contributed by atoms with Gasteiger partial charge in [0.05, 0.1) is 6.10 Å². The van der Waals surface area contributed by atoms with Crippen LogP contribution in [-0.4, -0.2) is 59.8 Å². The fraction of sp³-hybridized carbons (Fsp3) is 1.00. The first-order valence-electron chi connectivity index (χ1n) is 7.42. The topological polar surface area (TPSA) is 26.7 Å². The number of likely N-dealkylation sites (tertiary alicyclic amines) is 1. The van der Waals surface area contributed by atoms with Crippen molar-refractivity contribution in [1.82, 2.24) is 9.80 Å². The summed E-state index contributed by atoms with van der Waals surface area (Å²) in [4.78, 5) is 5.14. The smallest absolute Gasteiger partial charge is 0.0667 e. The van der Waals surface area contributed by atoms with Gasteiger partial charge in [-0.05, 0) is 50.6 Å². The van der Waals surface area contributed by atoms with Crippen LogP contribution in [0.5, 0.6) is 0 Å². The van der Waals surface area contributed by atoms with Crippen molar-refractivity contribution in [1.29, 1.82) is 0 Å². The van der Waals surface area contributed by atoms with Gasteiger partial charge in [0.15, 0.2) is 0 Å². The summed E-state index contributed by atoms with van der Waals surface area (Å²) < 4.78 is 0. The summed E-state index contributed by atoms with van der Waals surface area (Å²) in [5.41, 5.74) is 0. The molecule has 0 bridgehead atoms. The third-order valence-corrected chi connectivity index (χ3v) is 5.23. The van der Waals surface area contributed by atoms with Crippen LogP contribution in [0.25, 0.3) is 0 Å². The van der Waals surface area contributed by atoms with Gasteiger partial charge in [-0.1, -0.05) is 6.92 Å². The Morgan fingerprint density at radius 3 is 2.71 bits per heavy atom. The molecule has 98 valence electrons. The Morgan fingerprint density at radius 2 is 1.94 bits per heavy atom. The standard InChI is InChI=1S/C14H26N2O/c1-2-15-8-11(9-15)13-4-3-7-16-10-12(17)5-6-14(13)16/h11-14,17H,2-10H2,1H3. The van der Waals surface area contributed by atoms with Crippen LogP contribution in [-0.2, 0) is 0 Å². The van der Waals surface area contributed by atoms with Crippen molar-refractivity contribution < 1.29 is 5.11 Å². The highest BCUT2D eigenvalue weighted by molar-refractivity contribution is 4.96. The van der Waals surface area contributed by atoms with Gasteiger partial charge >= 0.3 is 0 Å². The molecule has 1 N–H and O–H groups in total. The van der Waals surface area contributed by atoms with E-state index in [1.54, 1.807) is 0 Å². The minimum Gasteiger partial charge on any atom is -0.392 e. The lowest BCUT2D eigenvalue weighted by Gasteiger charge is -2.52. The Morgan fingerprint density at radius 1 is 1.12 bits per heavy atom. The molecular formula is C14H26N2O. The lowest BCUT2D eigenvalue weighted by Crippen LogP contribution is -2.59. The number of aliphatic hydroxyl groups excluding tert-OH is 1. The lowest BCUT2D eigenvalue weighted by molar-refractivity contribution is -0.0523. The van der Waals surface area contributed by atoms with Gasteiger partial charge < -0.3 is 10.0 Å². The molecule has 0 aromatic rings. The van der Waals surface area contributed by atoms with Crippen molar-refractivity contribution in [3.63, 3.8) is 0 Å². The highest BCUT2D eigenvalue weighted by Crippen LogP contribution is 2.38. The molecule has 3 rings (SSSR count). The van der Waals surface area contributed by atoms with E-state index in [1.165, 1.54) is 45.4 Å². The second-order valence-electron chi connectivity index (χ2n) is 6.21. The summed E-state index contributed by atoms with van der Waals surface area (Å²) in [6.45, 7) is 8.30. The van der Waals surface area contributed by atoms with E-state index in [4.69, 9.17) is 0 Å². The number of hydrogen-bond donors (Lipinski definition) is 1. The van der Waals surface area contributed by atoms with Crippen molar-refractivity contribution in [2.24, 2.45) is 11.8 Å². The van der Waals surface area contributed by atoms with Gasteiger partial charge in [-0.3, -0.25) is 4.90 Å². The molecule has 0 amide bonds. The summed E-state index contributed by atoms with van der Waals surface area (Å²) in [7, 11) is 0. The highest BCUT2D eigenvalue weighted by Gasteiger charge is 2.42. The first-order chi connectivity index (χ1) is 8.28. The number of rotatable bonds is 2. The van der Waals surface area contributed by atoms with E-state index in [1.807, 2.05) is 0 Å². The maximum absolute atomic E-state index is 9.77. The molecule has 3 aliphatic rings. The summed E-state index contributed by atoms with van der Waals surface area (Å²) in [6.07, 6.45) is 4.98. The van der Waals surface area contributed by atoms with Crippen LogP contribution < -0.4 is 0 Å². The third kappa shape index (κ3) is 2.25. The van der Waals surface area contributed by atoms with Gasteiger partial charge in [-0.15, -0.1) is 0 Å². The van der Waals surface area contributed by atoms with Crippen molar-refractivity contribution in [3.8, 4) is 0 Å². The number of aliphatic hydroxyl groups is 1. The molecule has 17 heavy (non-hydrogen) atoms. The average Bonchev–Trinajstić information content (AvgIpc) is 2.27. The largest absolute Gasteiger partial charge is 0.392 e. The fourth-order valence-electron chi connectivity index (χ4n) is 4.20. The summed E-state index contributed by atoms with van der Waals surface area (Å²) in [6, 6.07) is 0.788. The Bertz CT molecular complexity index is 265. The molecule has 0 aromatic carbocycles. The molecule has 3 fully saturated rings. The fourth-order valence-corrected chi connectivity index (χ4v) is 4.20. The number of nitrogens with zero attached hydrogens (tertiary/aromatic N) is 2. The molecule has 3 saturated heterocycles. The predicted octanol–water partition coefficient (Wildman–Crippen LogP) is 1.17. The van der Waals surface area contributed by atoms with E-state index >= 15 is 0 Å². The van der Waals surface area contributed by atoms with Crippen LogP contribution in [0.15, 0.2) is 0 Å². The van der Waals surface area contributed by atoms with Crippen molar-refractivity contribution >= 4 is 0 Å². The Kier molecular flexibility index (Phi) is 3.42. The zero-order valence-corrected chi connectivity index (χ0v) is 11.0. The Balaban J connectivity index is 1.61. The molecule has 0 radical (unpaired) electrons. The average molecular weight is 238 g/mol. The maximum atomic E-state index is 9.77. The van der Waals surface area contributed by atoms with Crippen LogP contribution in [0.2, 0.25) is 0 Å². The van der Waals surface area contributed by atoms with Crippen LogP contribution in [0.3, 0.4) is 0 Å². The van der Waals surface area contributed by atoms with E-state index < -0.39 is 0 Å². The molecule has 3 heterocycles. The van der Waals surface area contributed by atoms with E-state index in [9.17, 15) is 5.11 Å². The number of hydrogen-bond acceptors (Lipinski definition) is 3. The van der Waals surface area contributed by atoms with Gasteiger partial charge in [0.25, 0.3) is 0 Å². The maximum Gasteiger partial charge on any atom is 0.0667 e. The van der Waals surface area contributed by atoms with Crippen LogP contribution in [0.1, 0.15) is 32.6 Å². The normalized spacial score (nSPS) is 40.9. The molecule has 3 atom stereocenters. The van der Waals surface area contributed by atoms with Gasteiger partial charge in [0.1, 0.15) is 0 Å². The number of piperidine rings is 2.